The summed E-state index contributed by atoms with van der Waals surface area (Å²) in [7, 11) is 0. The summed E-state index contributed by atoms with van der Waals surface area (Å²) in [4.78, 5) is 25.1. The van der Waals surface area contributed by atoms with Crippen LogP contribution in [-0.2, 0) is 9.53 Å². The molecular formula is C24H23NO5. The molecule has 2 aromatic carbocycles. The Kier molecular flexibility index (Phi) is 5.31. The van der Waals surface area contributed by atoms with Gasteiger partial charge in [0.1, 0.15) is 6.61 Å². The maximum atomic E-state index is 12.7. The van der Waals surface area contributed by atoms with Crippen LogP contribution in [0.25, 0.3) is 5.69 Å². The Balaban J connectivity index is 1.43. The van der Waals surface area contributed by atoms with Crippen LogP contribution in [0.2, 0.25) is 0 Å². The van der Waals surface area contributed by atoms with Crippen LogP contribution in [0.3, 0.4) is 0 Å². The lowest BCUT2D eigenvalue weighted by Gasteiger charge is -2.24. The molecule has 0 aliphatic carbocycles. The fourth-order valence-corrected chi connectivity index (χ4v) is 3.58. The summed E-state index contributed by atoms with van der Waals surface area (Å²) >= 11 is 0. The SMILES string of the molecule is Cc1ccc(-n2c(C)cc(C(=O)COC(=O)[C@H]3COc4ccccc4O3)c2C)cc1. The van der Waals surface area contributed by atoms with Gasteiger partial charge in [-0.15, -0.1) is 0 Å². The number of hydrogen-bond donors (Lipinski definition) is 0. The van der Waals surface area contributed by atoms with E-state index in [1.165, 1.54) is 5.56 Å². The van der Waals surface area contributed by atoms with E-state index in [1.54, 1.807) is 18.2 Å². The number of carbonyl (C=O) groups excluding carboxylic acids is 2. The van der Waals surface area contributed by atoms with Gasteiger partial charge >= 0.3 is 5.97 Å². The molecule has 0 spiro atoms. The van der Waals surface area contributed by atoms with Gasteiger partial charge in [-0.3, -0.25) is 4.79 Å². The van der Waals surface area contributed by atoms with E-state index < -0.39 is 12.1 Å². The Bertz CT molecular complexity index is 1100. The van der Waals surface area contributed by atoms with E-state index in [-0.39, 0.29) is 19.0 Å². The van der Waals surface area contributed by atoms with E-state index in [0.717, 1.165) is 17.1 Å². The van der Waals surface area contributed by atoms with Gasteiger partial charge in [0, 0.05) is 22.6 Å². The Hall–Kier alpha value is -3.54. The molecule has 3 aromatic rings. The Morgan fingerprint density at radius 3 is 2.47 bits per heavy atom. The van der Waals surface area contributed by atoms with Gasteiger partial charge in [-0.2, -0.15) is 0 Å². The number of hydrogen-bond acceptors (Lipinski definition) is 5. The zero-order chi connectivity index (χ0) is 21.3. The van der Waals surface area contributed by atoms with Crippen LogP contribution >= 0.6 is 0 Å². The monoisotopic (exact) mass is 405 g/mol. The fourth-order valence-electron chi connectivity index (χ4n) is 3.58. The van der Waals surface area contributed by atoms with Crippen LogP contribution in [0, 0.1) is 20.8 Å². The van der Waals surface area contributed by atoms with Gasteiger partial charge in [-0.05, 0) is 51.1 Å². The number of ketones is 1. The molecule has 1 aliphatic heterocycles. The average Bonchev–Trinajstić information content (AvgIpc) is 3.06. The first-order valence-corrected chi connectivity index (χ1v) is 9.78. The van der Waals surface area contributed by atoms with Crippen LogP contribution in [0.1, 0.15) is 27.3 Å². The highest BCUT2D eigenvalue weighted by molar-refractivity contribution is 5.99. The first-order chi connectivity index (χ1) is 14.4. The lowest BCUT2D eigenvalue weighted by molar-refractivity contribution is -0.153. The number of aromatic nitrogens is 1. The third kappa shape index (κ3) is 3.81. The van der Waals surface area contributed by atoms with Gasteiger partial charge in [0.15, 0.2) is 18.1 Å². The second kappa shape index (κ2) is 8.06. The molecule has 2 heterocycles. The molecular weight excluding hydrogens is 382 g/mol. The molecule has 30 heavy (non-hydrogen) atoms. The second-order valence-corrected chi connectivity index (χ2v) is 7.35. The van der Waals surface area contributed by atoms with Crippen LogP contribution in [0.15, 0.2) is 54.6 Å². The summed E-state index contributed by atoms with van der Waals surface area (Å²) in [5, 5.41) is 0. The van der Waals surface area contributed by atoms with Crippen molar-refractivity contribution < 1.29 is 23.8 Å². The highest BCUT2D eigenvalue weighted by atomic mass is 16.6. The van der Waals surface area contributed by atoms with Gasteiger partial charge in [-0.1, -0.05) is 29.8 Å². The van der Waals surface area contributed by atoms with Crippen molar-refractivity contribution in [3.8, 4) is 17.2 Å². The number of aryl methyl sites for hydroxylation is 2. The maximum Gasteiger partial charge on any atom is 0.351 e. The van der Waals surface area contributed by atoms with Gasteiger partial charge in [0.05, 0.1) is 0 Å². The normalized spacial score (nSPS) is 15.0. The summed E-state index contributed by atoms with van der Waals surface area (Å²) in [5.41, 5.74) is 4.43. The van der Waals surface area contributed by atoms with Gasteiger partial charge < -0.3 is 18.8 Å². The zero-order valence-electron chi connectivity index (χ0n) is 17.2. The molecule has 6 nitrogen and oxygen atoms in total. The summed E-state index contributed by atoms with van der Waals surface area (Å²) in [5.74, 6) is 0.192. The Morgan fingerprint density at radius 2 is 1.73 bits per heavy atom. The van der Waals surface area contributed by atoms with Crippen molar-refractivity contribution in [1.29, 1.82) is 0 Å². The number of benzene rings is 2. The zero-order valence-corrected chi connectivity index (χ0v) is 17.2. The fraction of sp³-hybridized carbons (Fsp3) is 0.250. The quantitative estimate of drug-likeness (QED) is 0.475. The van der Waals surface area contributed by atoms with E-state index in [0.29, 0.717) is 17.1 Å². The largest absolute Gasteiger partial charge is 0.485 e. The molecule has 0 amide bonds. The first kappa shape index (κ1) is 19.8. The van der Waals surface area contributed by atoms with Crippen LogP contribution in [0.5, 0.6) is 11.5 Å². The number of Topliss-reactive ketones (excluding diaryl/α,β-unsaturated/α-hetero) is 1. The number of carbonyl (C=O) groups is 2. The maximum absolute atomic E-state index is 12.7. The molecule has 4 rings (SSSR count). The second-order valence-electron chi connectivity index (χ2n) is 7.35. The molecule has 154 valence electrons. The lowest BCUT2D eigenvalue weighted by atomic mass is 10.1. The molecule has 6 heteroatoms. The molecule has 0 unspecified atom stereocenters. The van der Waals surface area contributed by atoms with E-state index in [2.05, 4.69) is 0 Å². The number of ether oxygens (including phenoxy) is 3. The summed E-state index contributed by atoms with van der Waals surface area (Å²) in [6.45, 7) is 5.56. The average molecular weight is 405 g/mol. The minimum absolute atomic E-state index is 0.0476. The predicted octanol–water partition coefficient (Wildman–Crippen LogP) is 3.97. The van der Waals surface area contributed by atoms with E-state index in [4.69, 9.17) is 14.2 Å². The number of fused-ring (bicyclic) bond motifs is 1. The topological polar surface area (TPSA) is 66.8 Å². The van der Waals surface area contributed by atoms with Gasteiger partial charge in [-0.25, -0.2) is 4.79 Å². The third-order valence-corrected chi connectivity index (χ3v) is 5.14. The minimum atomic E-state index is -0.896. The molecule has 0 fully saturated rings. The highest BCUT2D eigenvalue weighted by Crippen LogP contribution is 2.31. The van der Waals surface area contributed by atoms with Crippen molar-refractivity contribution >= 4 is 11.8 Å². The third-order valence-electron chi connectivity index (χ3n) is 5.14. The lowest BCUT2D eigenvalue weighted by Crippen LogP contribution is -2.38. The van der Waals surface area contributed by atoms with Crippen molar-refractivity contribution in [2.24, 2.45) is 0 Å². The smallest absolute Gasteiger partial charge is 0.351 e. The van der Waals surface area contributed by atoms with E-state index in [9.17, 15) is 9.59 Å². The summed E-state index contributed by atoms with van der Waals surface area (Å²) in [6, 6.07) is 17.0. The number of para-hydroxylation sites is 2. The van der Waals surface area contributed by atoms with Crippen molar-refractivity contribution in [1.82, 2.24) is 4.57 Å². The Morgan fingerprint density at radius 1 is 1.03 bits per heavy atom. The summed E-state index contributed by atoms with van der Waals surface area (Å²) < 4.78 is 18.4. The molecule has 1 atom stereocenters. The number of nitrogens with zero attached hydrogens (tertiary/aromatic N) is 1. The van der Waals surface area contributed by atoms with E-state index in [1.807, 2.05) is 61.7 Å². The number of esters is 1. The molecule has 0 N–H and O–H groups in total. The van der Waals surface area contributed by atoms with Gasteiger partial charge in [0.25, 0.3) is 0 Å². The van der Waals surface area contributed by atoms with E-state index >= 15 is 0 Å². The van der Waals surface area contributed by atoms with Crippen molar-refractivity contribution in [3.63, 3.8) is 0 Å². The standard InChI is InChI=1S/C24H23NO5/c1-15-8-10-18(11-9-15)25-16(2)12-19(17(25)3)20(26)13-29-24(27)23-14-28-21-6-4-5-7-22(21)30-23/h4-12,23H,13-14H2,1-3H3/t23-/m1/s1. The van der Waals surface area contributed by atoms with Gasteiger partial charge in [0.2, 0.25) is 11.9 Å². The summed E-state index contributed by atoms with van der Waals surface area (Å²) in [6.07, 6.45) is -0.896. The van der Waals surface area contributed by atoms with Crippen LogP contribution < -0.4 is 9.47 Å². The predicted molar refractivity (Wildman–Crippen MR) is 112 cm³/mol. The Labute approximate surface area is 175 Å². The number of rotatable bonds is 5. The first-order valence-electron chi connectivity index (χ1n) is 9.78. The molecule has 1 aliphatic rings. The molecule has 0 radical (unpaired) electrons. The van der Waals surface area contributed by atoms with Crippen molar-refractivity contribution in [2.75, 3.05) is 13.2 Å². The molecule has 1 aromatic heterocycles. The molecule has 0 saturated carbocycles. The molecule has 0 saturated heterocycles. The molecule has 0 bridgehead atoms. The minimum Gasteiger partial charge on any atom is -0.485 e. The van der Waals surface area contributed by atoms with Crippen molar-refractivity contribution in [2.45, 2.75) is 26.9 Å². The van der Waals surface area contributed by atoms with Crippen LogP contribution in [0.4, 0.5) is 0 Å². The van der Waals surface area contributed by atoms with Crippen molar-refractivity contribution in [3.05, 3.63) is 77.1 Å². The highest BCUT2D eigenvalue weighted by Gasteiger charge is 2.29. The van der Waals surface area contributed by atoms with Crippen LogP contribution in [-0.4, -0.2) is 35.6 Å².